The van der Waals surface area contributed by atoms with Crippen molar-refractivity contribution in [2.45, 2.75) is 44.0 Å². The number of aliphatic hydroxyl groups is 1. The van der Waals surface area contributed by atoms with Crippen molar-refractivity contribution >= 4 is 23.6 Å². The van der Waals surface area contributed by atoms with Gasteiger partial charge in [0.2, 0.25) is 5.91 Å². The monoisotopic (exact) mass is 300 g/mol. The lowest BCUT2D eigenvalue weighted by atomic mass is 9.90. The molecule has 0 saturated carbocycles. The Morgan fingerprint density at radius 2 is 1.85 bits per heavy atom. The molecule has 2 aliphatic rings. The Balaban J connectivity index is 2.08. The summed E-state index contributed by atoms with van der Waals surface area (Å²) in [5, 5.41) is 10.7. The summed E-state index contributed by atoms with van der Waals surface area (Å²) >= 11 is 1.85. The largest absolute Gasteiger partial charge is 0.378 e. The van der Waals surface area contributed by atoms with Crippen LogP contribution in [0.4, 0.5) is 0 Å². The number of rotatable bonds is 1. The lowest BCUT2D eigenvalue weighted by Crippen LogP contribution is -2.61. The molecule has 114 valence electrons. The number of piperidine rings is 1. The number of β-amino-alcohol motifs (C(OH)–C–C–N with tert-alkyl or cyclic N) is 1. The van der Waals surface area contributed by atoms with E-state index >= 15 is 0 Å². The predicted octanol–water partition coefficient (Wildman–Crippen LogP) is 0.714. The highest BCUT2D eigenvalue weighted by Crippen LogP contribution is 2.32. The molecule has 1 atom stereocenters. The topological polar surface area (TPSA) is 60.9 Å². The third kappa shape index (κ3) is 3.28. The van der Waals surface area contributed by atoms with E-state index in [1.807, 2.05) is 11.8 Å². The van der Waals surface area contributed by atoms with Crippen molar-refractivity contribution in [3.63, 3.8) is 0 Å². The molecule has 2 heterocycles. The van der Waals surface area contributed by atoms with Crippen LogP contribution in [0.3, 0.4) is 0 Å². The van der Waals surface area contributed by atoms with Gasteiger partial charge < -0.3 is 14.9 Å². The Morgan fingerprint density at radius 3 is 2.45 bits per heavy atom. The van der Waals surface area contributed by atoms with E-state index in [0.717, 1.165) is 5.75 Å². The fraction of sp³-hybridized carbons (Fsp3) is 0.857. The molecule has 6 heteroatoms. The highest BCUT2D eigenvalue weighted by Gasteiger charge is 2.45. The first-order chi connectivity index (χ1) is 9.23. The molecule has 0 aromatic carbocycles. The molecule has 0 aliphatic carbocycles. The average molecular weight is 300 g/mol. The van der Waals surface area contributed by atoms with Gasteiger partial charge in [0.25, 0.3) is 5.91 Å². The number of thioether (sulfide) groups is 1. The second-order valence-corrected chi connectivity index (χ2v) is 8.21. The van der Waals surface area contributed by atoms with Crippen molar-refractivity contribution in [2.75, 3.05) is 31.9 Å². The van der Waals surface area contributed by atoms with E-state index in [2.05, 4.69) is 13.8 Å². The van der Waals surface area contributed by atoms with Crippen molar-refractivity contribution in [2.24, 2.45) is 0 Å². The van der Waals surface area contributed by atoms with Crippen molar-refractivity contribution in [1.82, 2.24) is 9.80 Å². The molecule has 2 fully saturated rings. The van der Waals surface area contributed by atoms with Crippen LogP contribution in [0.5, 0.6) is 0 Å². The second kappa shape index (κ2) is 5.56. The quantitative estimate of drug-likeness (QED) is 0.775. The summed E-state index contributed by atoms with van der Waals surface area (Å²) in [4.78, 5) is 27.5. The number of hydrogen-bond donors (Lipinski definition) is 1. The molecule has 0 aromatic heterocycles. The minimum absolute atomic E-state index is 0.0270. The van der Waals surface area contributed by atoms with Gasteiger partial charge in [-0.05, 0) is 26.7 Å². The molecule has 0 radical (unpaired) electrons. The smallest absolute Gasteiger partial charge is 0.256 e. The predicted molar refractivity (Wildman–Crippen MR) is 79.6 cm³/mol. The number of carbonyl (C=O) groups excluding carboxylic acids is 2. The molecule has 2 saturated heterocycles. The van der Waals surface area contributed by atoms with E-state index in [1.165, 1.54) is 6.92 Å². The van der Waals surface area contributed by atoms with Crippen LogP contribution in [0.25, 0.3) is 0 Å². The Bertz CT molecular complexity index is 413. The fourth-order valence-corrected chi connectivity index (χ4v) is 4.08. The first-order valence-corrected chi connectivity index (χ1v) is 8.13. The molecular formula is C14H24N2O3S. The van der Waals surface area contributed by atoms with Crippen LogP contribution >= 0.6 is 11.8 Å². The lowest BCUT2D eigenvalue weighted by molar-refractivity contribution is -0.160. The minimum Gasteiger partial charge on any atom is -0.378 e. The van der Waals surface area contributed by atoms with E-state index in [0.29, 0.717) is 32.5 Å². The standard InChI is InChI=1S/C14H24N2O3S/c1-11(17)15-6-4-5-14(19,10-15)12(18)16-7-8-20-13(2,3)9-16/h19H,4-10H2,1-3H3/t14-/m0/s1. The number of nitrogens with zero attached hydrogens (tertiary/aromatic N) is 2. The summed E-state index contributed by atoms with van der Waals surface area (Å²) in [7, 11) is 0. The summed E-state index contributed by atoms with van der Waals surface area (Å²) in [5.74, 6) is 0.605. The molecule has 1 N–H and O–H groups in total. The van der Waals surface area contributed by atoms with Gasteiger partial charge in [-0.25, -0.2) is 0 Å². The van der Waals surface area contributed by atoms with Crippen LogP contribution in [0.2, 0.25) is 0 Å². The normalized spacial score (nSPS) is 30.2. The summed E-state index contributed by atoms with van der Waals surface area (Å²) in [5.41, 5.74) is -1.40. The van der Waals surface area contributed by atoms with Gasteiger partial charge in [0.15, 0.2) is 5.60 Å². The Kier molecular flexibility index (Phi) is 4.35. The summed E-state index contributed by atoms with van der Waals surface area (Å²) in [6.45, 7) is 7.80. The van der Waals surface area contributed by atoms with Gasteiger partial charge in [-0.3, -0.25) is 9.59 Å². The van der Waals surface area contributed by atoms with Crippen LogP contribution in [0.1, 0.15) is 33.6 Å². The fourth-order valence-electron chi connectivity index (χ4n) is 2.96. The third-order valence-electron chi connectivity index (χ3n) is 4.03. The highest BCUT2D eigenvalue weighted by molar-refractivity contribution is 8.00. The van der Waals surface area contributed by atoms with Gasteiger partial charge in [-0.1, -0.05) is 0 Å². The van der Waals surface area contributed by atoms with Crippen LogP contribution in [0, 0.1) is 0 Å². The van der Waals surface area contributed by atoms with Gasteiger partial charge in [0, 0.05) is 37.1 Å². The van der Waals surface area contributed by atoms with E-state index in [9.17, 15) is 14.7 Å². The van der Waals surface area contributed by atoms with E-state index in [1.54, 1.807) is 9.80 Å². The van der Waals surface area contributed by atoms with Crippen LogP contribution < -0.4 is 0 Å². The number of hydrogen-bond acceptors (Lipinski definition) is 4. The molecule has 0 aromatic rings. The first kappa shape index (κ1) is 15.6. The number of carbonyl (C=O) groups is 2. The summed E-state index contributed by atoms with van der Waals surface area (Å²) in [6.07, 6.45) is 1.12. The maximum Gasteiger partial charge on any atom is 0.256 e. The molecule has 0 bridgehead atoms. The van der Waals surface area contributed by atoms with Crippen LogP contribution in [-0.4, -0.2) is 69.0 Å². The minimum atomic E-state index is -1.40. The first-order valence-electron chi connectivity index (χ1n) is 7.15. The SMILES string of the molecule is CC(=O)N1CCC[C@@](O)(C(=O)N2CCSC(C)(C)C2)C1. The average Bonchev–Trinajstić information content (AvgIpc) is 2.36. The highest BCUT2D eigenvalue weighted by atomic mass is 32.2. The third-order valence-corrected chi connectivity index (χ3v) is 5.32. The van der Waals surface area contributed by atoms with Crippen molar-refractivity contribution < 1.29 is 14.7 Å². The van der Waals surface area contributed by atoms with Crippen molar-refractivity contribution in [3.05, 3.63) is 0 Å². The summed E-state index contributed by atoms with van der Waals surface area (Å²) in [6, 6.07) is 0. The molecule has 5 nitrogen and oxygen atoms in total. The van der Waals surface area contributed by atoms with Gasteiger partial charge in [0.05, 0.1) is 6.54 Å². The molecule has 2 rings (SSSR count). The van der Waals surface area contributed by atoms with Crippen LogP contribution in [0.15, 0.2) is 0 Å². The Hall–Kier alpha value is -0.750. The Labute approximate surface area is 124 Å². The van der Waals surface area contributed by atoms with Crippen LogP contribution in [-0.2, 0) is 9.59 Å². The molecular weight excluding hydrogens is 276 g/mol. The van der Waals surface area contributed by atoms with E-state index in [4.69, 9.17) is 0 Å². The van der Waals surface area contributed by atoms with Crippen molar-refractivity contribution in [1.29, 1.82) is 0 Å². The molecule has 0 unspecified atom stereocenters. The zero-order chi connectivity index (χ0) is 15.0. The van der Waals surface area contributed by atoms with Gasteiger partial charge in [0.1, 0.15) is 0 Å². The maximum atomic E-state index is 12.7. The van der Waals surface area contributed by atoms with E-state index in [-0.39, 0.29) is 23.1 Å². The molecule has 2 amide bonds. The van der Waals surface area contributed by atoms with Gasteiger partial charge >= 0.3 is 0 Å². The number of amides is 2. The molecule has 0 spiro atoms. The van der Waals surface area contributed by atoms with Gasteiger partial charge in [-0.2, -0.15) is 11.8 Å². The molecule has 2 aliphatic heterocycles. The van der Waals surface area contributed by atoms with Gasteiger partial charge in [-0.15, -0.1) is 0 Å². The van der Waals surface area contributed by atoms with E-state index < -0.39 is 5.60 Å². The zero-order valence-electron chi connectivity index (χ0n) is 12.5. The maximum absolute atomic E-state index is 12.7. The number of likely N-dealkylation sites (tertiary alicyclic amines) is 1. The summed E-state index contributed by atoms with van der Waals surface area (Å²) < 4.78 is 0.0270. The second-order valence-electron chi connectivity index (χ2n) is 6.41. The lowest BCUT2D eigenvalue weighted by Gasteiger charge is -2.44. The Morgan fingerprint density at radius 1 is 1.15 bits per heavy atom. The molecule has 20 heavy (non-hydrogen) atoms. The van der Waals surface area contributed by atoms with Crippen molar-refractivity contribution in [3.8, 4) is 0 Å². The zero-order valence-corrected chi connectivity index (χ0v) is 13.3.